The van der Waals surface area contributed by atoms with Crippen molar-refractivity contribution in [3.05, 3.63) is 144 Å². The molecule has 0 aliphatic carbocycles. The summed E-state index contributed by atoms with van der Waals surface area (Å²) in [6.45, 7) is 1.02. The summed E-state index contributed by atoms with van der Waals surface area (Å²) in [7, 11) is 1.55. The molecule has 11 nitrogen and oxygen atoms in total. The second-order valence-electron chi connectivity index (χ2n) is 13.1. The minimum Gasteiger partial charge on any atom is -0.387 e. The standard InChI is InChI=1S/C41H46O11/c1-44-41-38(47-24-29-18-10-4-11-19-29)37(46-23-28-16-8-3-9-17-28)36(31(50-41)25-45-22-27-14-6-2-7-15-27)52-40-34(43)33(42)35-32(49-40)26-48-39(51-35)30-20-12-5-13-21-30/h2-21,31-43H,22-26H2,1H3/t31-,32-,33-,34+,35-,36-,37+,38-,39?,40+,41+/m1/s1. The third-order valence-corrected chi connectivity index (χ3v) is 9.48. The van der Waals surface area contributed by atoms with Crippen LogP contribution in [0.4, 0.5) is 0 Å². The van der Waals surface area contributed by atoms with Crippen LogP contribution >= 0.6 is 0 Å². The quantitative estimate of drug-likeness (QED) is 0.189. The topological polar surface area (TPSA) is 124 Å². The van der Waals surface area contributed by atoms with Crippen LogP contribution in [-0.2, 0) is 62.5 Å². The van der Waals surface area contributed by atoms with E-state index in [-0.39, 0.29) is 26.4 Å². The minimum absolute atomic E-state index is 0.0957. The number of benzene rings is 4. The van der Waals surface area contributed by atoms with Gasteiger partial charge in [-0.3, -0.25) is 0 Å². The lowest BCUT2D eigenvalue weighted by Crippen LogP contribution is -2.66. The Morgan fingerprint density at radius 3 is 1.75 bits per heavy atom. The molecule has 276 valence electrons. The average molecular weight is 715 g/mol. The molecule has 52 heavy (non-hydrogen) atoms. The van der Waals surface area contributed by atoms with Gasteiger partial charge in [-0.1, -0.05) is 121 Å². The number of rotatable bonds is 14. The van der Waals surface area contributed by atoms with Gasteiger partial charge in [0.1, 0.15) is 48.8 Å². The molecular formula is C41H46O11. The second-order valence-corrected chi connectivity index (χ2v) is 13.1. The normalized spacial score (nSPS) is 31.9. The monoisotopic (exact) mass is 714 g/mol. The Balaban J connectivity index is 1.14. The van der Waals surface area contributed by atoms with Gasteiger partial charge in [0, 0.05) is 12.7 Å². The number of aliphatic hydroxyl groups is 2. The first-order chi connectivity index (χ1) is 25.6. The van der Waals surface area contributed by atoms with Crippen molar-refractivity contribution < 1.29 is 52.8 Å². The molecule has 11 atom stereocenters. The summed E-state index contributed by atoms with van der Waals surface area (Å²) in [6.07, 6.45) is -10.5. The number of methoxy groups -OCH3 is 1. The Hall–Kier alpha value is -3.56. The molecule has 0 saturated carbocycles. The highest BCUT2D eigenvalue weighted by Gasteiger charge is 2.54. The van der Waals surface area contributed by atoms with E-state index in [2.05, 4.69) is 0 Å². The van der Waals surface area contributed by atoms with Crippen molar-refractivity contribution >= 4 is 0 Å². The molecule has 0 bridgehead atoms. The lowest BCUT2D eigenvalue weighted by Gasteiger charge is -2.50. The number of hydrogen-bond acceptors (Lipinski definition) is 11. The zero-order chi connectivity index (χ0) is 35.7. The third-order valence-electron chi connectivity index (χ3n) is 9.48. The number of ether oxygens (including phenoxy) is 9. The van der Waals surface area contributed by atoms with Crippen molar-refractivity contribution in [3.8, 4) is 0 Å². The van der Waals surface area contributed by atoms with E-state index in [1.807, 2.05) is 121 Å². The van der Waals surface area contributed by atoms with E-state index in [0.29, 0.717) is 6.61 Å². The smallest absolute Gasteiger partial charge is 0.187 e. The van der Waals surface area contributed by atoms with Crippen LogP contribution in [0.25, 0.3) is 0 Å². The van der Waals surface area contributed by atoms with E-state index < -0.39 is 67.7 Å². The van der Waals surface area contributed by atoms with E-state index in [0.717, 1.165) is 22.3 Å². The molecule has 4 aromatic rings. The summed E-state index contributed by atoms with van der Waals surface area (Å²) in [5.74, 6) is 0. The highest BCUT2D eigenvalue weighted by atomic mass is 16.8. The largest absolute Gasteiger partial charge is 0.387 e. The van der Waals surface area contributed by atoms with E-state index in [1.165, 1.54) is 0 Å². The zero-order valence-corrected chi connectivity index (χ0v) is 29.0. The summed E-state index contributed by atoms with van der Waals surface area (Å²) in [4.78, 5) is 0. The Bertz CT molecular complexity index is 1610. The maximum absolute atomic E-state index is 11.5. The second kappa shape index (κ2) is 18.0. The van der Waals surface area contributed by atoms with Gasteiger partial charge in [0.2, 0.25) is 0 Å². The van der Waals surface area contributed by atoms with Crippen LogP contribution in [0.5, 0.6) is 0 Å². The van der Waals surface area contributed by atoms with E-state index in [9.17, 15) is 10.2 Å². The van der Waals surface area contributed by atoms with Crippen molar-refractivity contribution in [2.45, 2.75) is 87.5 Å². The first-order valence-corrected chi connectivity index (χ1v) is 17.7. The predicted molar refractivity (Wildman–Crippen MR) is 187 cm³/mol. The molecule has 7 rings (SSSR count). The molecule has 3 saturated heterocycles. The van der Waals surface area contributed by atoms with Crippen LogP contribution in [0.15, 0.2) is 121 Å². The van der Waals surface area contributed by atoms with Gasteiger partial charge in [0.15, 0.2) is 18.9 Å². The molecule has 1 unspecified atom stereocenters. The first kappa shape index (κ1) is 36.8. The number of fused-ring (bicyclic) bond motifs is 1. The number of hydrogen-bond donors (Lipinski definition) is 2. The van der Waals surface area contributed by atoms with Crippen LogP contribution in [0, 0.1) is 0 Å². The van der Waals surface area contributed by atoms with Gasteiger partial charge in [-0.2, -0.15) is 0 Å². The van der Waals surface area contributed by atoms with Crippen LogP contribution in [-0.4, -0.2) is 91.9 Å². The molecule has 3 fully saturated rings. The first-order valence-electron chi connectivity index (χ1n) is 17.7. The van der Waals surface area contributed by atoms with Gasteiger partial charge in [-0.05, 0) is 16.7 Å². The van der Waals surface area contributed by atoms with Crippen LogP contribution < -0.4 is 0 Å². The summed E-state index contributed by atoms with van der Waals surface area (Å²) in [5, 5.41) is 22.9. The van der Waals surface area contributed by atoms with E-state index in [4.69, 9.17) is 42.6 Å². The molecule has 3 aliphatic rings. The molecule has 0 spiro atoms. The highest BCUT2D eigenvalue weighted by Crippen LogP contribution is 2.37. The Morgan fingerprint density at radius 2 is 1.15 bits per heavy atom. The Morgan fingerprint density at radius 1 is 0.596 bits per heavy atom. The summed E-state index contributed by atoms with van der Waals surface area (Å²) in [6, 6.07) is 38.8. The molecular weight excluding hydrogens is 668 g/mol. The molecule has 3 heterocycles. The zero-order valence-electron chi connectivity index (χ0n) is 29.0. The fourth-order valence-corrected chi connectivity index (χ4v) is 6.76. The summed E-state index contributed by atoms with van der Waals surface area (Å²) >= 11 is 0. The highest BCUT2D eigenvalue weighted by molar-refractivity contribution is 5.18. The van der Waals surface area contributed by atoms with Gasteiger partial charge in [-0.25, -0.2) is 0 Å². The predicted octanol–water partition coefficient (Wildman–Crippen LogP) is 4.69. The molecule has 2 N–H and O–H groups in total. The molecule has 11 heteroatoms. The Labute approximate surface area is 303 Å². The Kier molecular flexibility index (Phi) is 12.7. The van der Waals surface area contributed by atoms with Crippen molar-refractivity contribution in [2.75, 3.05) is 20.3 Å². The minimum atomic E-state index is -1.47. The van der Waals surface area contributed by atoms with Gasteiger partial charge in [0.05, 0.1) is 33.0 Å². The third kappa shape index (κ3) is 8.96. The maximum atomic E-state index is 11.5. The maximum Gasteiger partial charge on any atom is 0.187 e. The SMILES string of the molecule is CO[C@H]1O[C@H](COCc2ccccc2)[C@@H](O[C@@H]2O[C@@H]3COC(c4ccccc4)O[C@H]3[C@H](O)[C@@H]2O)[C@H](OCc2ccccc2)[C@H]1OCc1ccccc1. The van der Waals surface area contributed by atoms with Crippen molar-refractivity contribution in [1.82, 2.24) is 0 Å². The molecule has 0 amide bonds. The fraction of sp³-hybridized carbons (Fsp3) is 0.415. The van der Waals surface area contributed by atoms with E-state index >= 15 is 0 Å². The van der Waals surface area contributed by atoms with Gasteiger partial charge in [-0.15, -0.1) is 0 Å². The van der Waals surface area contributed by atoms with E-state index in [1.54, 1.807) is 7.11 Å². The van der Waals surface area contributed by atoms with Gasteiger partial charge >= 0.3 is 0 Å². The molecule has 0 radical (unpaired) electrons. The summed E-state index contributed by atoms with van der Waals surface area (Å²) < 4.78 is 56.8. The molecule has 0 aromatic heterocycles. The van der Waals surface area contributed by atoms with Gasteiger partial charge in [0.25, 0.3) is 0 Å². The lowest BCUT2D eigenvalue weighted by atomic mass is 9.96. The van der Waals surface area contributed by atoms with Crippen LogP contribution in [0.2, 0.25) is 0 Å². The van der Waals surface area contributed by atoms with Crippen molar-refractivity contribution in [2.24, 2.45) is 0 Å². The van der Waals surface area contributed by atoms with Crippen LogP contribution in [0.3, 0.4) is 0 Å². The average Bonchev–Trinajstić information content (AvgIpc) is 3.20. The van der Waals surface area contributed by atoms with Crippen molar-refractivity contribution in [3.63, 3.8) is 0 Å². The van der Waals surface area contributed by atoms with Gasteiger partial charge < -0.3 is 52.8 Å². The van der Waals surface area contributed by atoms with Crippen molar-refractivity contribution in [1.29, 1.82) is 0 Å². The molecule has 4 aromatic carbocycles. The molecule has 3 aliphatic heterocycles. The number of aliphatic hydroxyl groups excluding tert-OH is 2. The van der Waals surface area contributed by atoms with Crippen LogP contribution in [0.1, 0.15) is 28.5 Å². The lowest BCUT2D eigenvalue weighted by molar-refractivity contribution is -0.389. The summed E-state index contributed by atoms with van der Waals surface area (Å²) in [5.41, 5.74) is 3.69. The fourth-order valence-electron chi connectivity index (χ4n) is 6.76.